The maximum atomic E-state index is 12.9. The molecule has 138 valence electrons. The van der Waals surface area contributed by atoms with E-state index in [2.05, 4.69) is 36.5 Å². The summed E-state index contributed by atoms with van der Waals surface area (Å²) < 4.78 is 5.61. The molecule has 0 radical (unpaired) electrons. The van der Waals surface area contributed by atoms with E-state index in [4.69, 9.17) is 9.72 Å². The molecule has 0 saturated carbocycles. The van der Waals surface area contributed by atoms with Crippen molar-refractivity contribution in [1.82, 2.24) is 10.3 Å². The average Bonchev–Trinajstić information content (AvgIpc) is 3.25. The molecule has 4 heteroatoms. The van der Waals surface area contributed by atoms with Crippen molar-refractivity contribution in [1.29, 1.82) is 0 Å². The highest BCUT2D eigenvalue weighted by Crippen LogP contribution is 2.25. The first kappa shape index (κ1) is 17.7. The van der Waals surface area contributed by atoms with E-state index in [1.807, 2.05) is 30.3 Å². The molecule has 1 fully saturated rings. The molecule has 2 aromatic carbocycles. The van der Waals surface area contributed by atoms with E-state index in [-0.39, 0.29) is 12.0 Å². The minimum atomic E-state index is -0.0736. The first-order valence-electron chi connectivity index (χ1n) is 9.63. The molecule has 1 atom stereocenters. The van der Waals surface area contributed by atoms with Crippen molar-refractivity contribution in [2.75, 3.05) is 13.2 Å². The number of carbonyl (C=O) groups excluding carboxylic acids is 1. The van der Waals surface area contributed by atoms with E-state index in [1.165, 1.54) is 5.56 Å². The lowest BCUT2D eigenvalue weighted by atomic mass is 10.0. The molecule has 1 amide bonds. The third-order valence-corrected chi connectivity index (χ3v) is 5.13. The Kier molecular flexibility index (Phi) is 5.16. The van der Waals surface area contributed by atoms with E-state index in [1.54, 1.807) is 0 Å². The van der Waals surface area contributed by atoms with E-state index in [0.717, 1.165) is 48.0 Å². The molecule has 1 unspecified atom stereocenters. The lowest BCUT2D eigenvalue weighted by molar-refractivity contribution is 0.0859. The van der Waals surface area contributed by atoms with Crippen LogP contribution in [0.2, 0.25) is 0 Å². The summed E-state index contributed by atoms with van der Waals surface area (Å²) in [6.07, 6.45) is 3.20. The summed E-state index contributed by atoms with van der Waals surface area (Å²) in [5.74, 6) is -0.0736. The molecule has 4 nitrogen and oxygen atoms in total. The summed E-state index contributed by atoms with van der Waals surface area (Å²) in [4.78, 5) is 17.7. The van der Waals surface area contributed by atoms with Crippen LogP contribution in [0, 0.1) is 0 Å². The van der Waals surface area contributed by atoms with Gasteiger partial charge in [-0.1, -0.05) is 49.4 Å². The Labute approximate surface area is 159 Å². The van der Waals surface area contributed by atoms with Crippen LogP contribution in [0.1, 0.15) is 35.7 Å². The molecular weight excluding hydrogens is 336 g/mol. The van der Waals surface area contributed by atoms with Crippen molar-refractivity contribution in [2.24, 2.45) is 0 Å². The fourth-order valence-corrected chi connectivity index (χ4v) is 3.53. The number of para-hydroxylation sites is 1. The molecular formula is C23H24N2O2. The largest absolute Gasteiger partial charge is 0.376 e. The van der Waals surface area contributed by atoms with Gasteiger partial charge in [0, 0.05) is 24.1 Å². The van der Waals surface area contributed by atoms with Crippen LogP contribution in [-0.4, -0.2) is 30.1 Å². The number of rotatable bonds is 5. The number of nitrogens with one attached hydrogen (secondary N) is 1. The van der Waals surface area contributed by atoms with Gasteiger partial charge in [-0.15, -0.1) is 0 Å². The van der Waals surface area contributed by atoms with Crippen molar-refractivity contribution >= 4 is 16.8 Å². The lowest BCUT2D eigenvalue weighted by Crippen LogP contribution is -2.31. The molecule has 3 aromatic rings. The Morgan fingerprint density at radius 1 is 1.19 bits per heavy atom. The summed E-state index contributed by atoms with van der Waals surface area (Å²) in [5, 5.41) is 3.91. The van der Waals surface area contributed by atoms with Crippen LogP contribution >= 0.6 is 0 Å². The number of ether oxygens (including phenoxy) is 1. The third kappa shape index (κ3) is 3.86. The number of aryl methyl sites for hydroxylation is 1. The van der Waals surface area contributed by atoms with Crippen LogP contribution in [0.3, 0.4) is 0 Å². The van der Waals surface area contributed by atoms with Gasteiger partial charge in [0.15, 0.2) is 0 Å². The average molecular weight is 360 g/mol. The first-order valence-corrected chi connectivity index (χ1v) is 9.63. The van der Waals surface area contributed by atoms with Crippen LogP contribution in [-0.2, 0) is 11.2 Å². The summed E-state index contributed by atoms with van der Waals surface area (Å²) in [6, 6.07) is 18.1. The smallest absolute Gasteiger partial charge is 0.252 e. The number of amides is 1. The number of aromatic nitrogens is 1. The Balaban J connectivity index is 1.68. The van der Waals surface area contributed by atoms with Crippen molar-refractivity contribution < 1.29 is 9.53 Å². The Hall–Kier alpha value is -2.72. The Morgan fingerprint density at radius 3 is 2.74 bits per heavy atom. The molecule has 1 aromatic heterocycles. The monoisotopic (exact) mass is 360 g/mol. The Bertz CT molecular complexity index is 944. The van der Waals surface area contributed by atoms with E-state index < -0.39 is 0 Å². The van der Waals surface area contributed by atoms with Gasteiger partial charge in [-0.05, 0) is 37.0 Å². The van der Waals surface area contributed by atoms with E-state index in [9.17, 15) is 4.79 Å². The third-order valence-electron chi connectivity index (χ3n) is 5.13. The molecule has 1 saturated heterocycles. The van der Waals surface area contributed by atoms with Gasteiger partial charge in [0.2, 0.25) is 0 Å². The maximum Gasteiger partial charge on any atom is 0.252 e. The van der Waals surface area contributed by atoms with E-state index in [0.29, 0.717) is 12.1 Å². The molecule has 1 aliphatic rings. The fraction of sp³-hybridized carbons (Fsp3) is 0.304. The second-order valence-electron chi connectivity index (χ2n) is 6.97. The molecule has 0 bridgehead atoms. The minimum Gasteiger partial charge on any atom is -0.376 e. The molecule has 1 aliphatic heterocycles. The topological polar surface area (TPSA) is 51.2 Å². The molecule has 4 rings (SSSR count). The van der Waals surface area contributed by atoms with Gasteiger partial charge in [0.1, 0.15) is 0 Å². The summed E-state index contributed by atoms with van der Waals surface area (Å²) in [6.45, 7) is 3.48. The SMILES string of the molecule is CCc1ccc(-c2cc(C(=O)NCC3CCCO3)c3ccccc3n2)cc1. The maximum absolute atomic E-state index is 12.9. The first-order chi connectivity index (χ1) is 13.2. The summed E-state index contributed by atoms with van der Waals surface area (Å²) in [5.41, 5.74) is 4.61. The molecule has 27 heavy (non-hydrogen) atoms. The van der Waals surface area contributed by atoms with Gasteiger partial charge in [-0.2, -0.15) is 0 Å². The van der Waals surface area contributed by atoms with Gasteiger partial charge >= 0.3 is 0 Å². The highest BCUT2D eigenvalue weighted by molar-refractivity contribution is 6.07. The fourth-order valence-electron chi connectivity index (χ4n) is 3.53. The predicted octanol–water partition coefficient (Wildman–Crippen LogP) is 4.37. The highest BCUT2D eigenvalue weighted by Gasteiger charge is 2.18. The molecule has 1 N–H and O–H groups in total. The number of carbonyl (C=O) groups is 1. The highest BCUT2D eigenvalue weighted by atomic mass is 16.5. The standard InChI is InChI=1S/C23H24N2O2/c1-2-16-9-11-17(12-10-16)22-14-20(19-7-3-4-8-21(19)25-22)23(26)24-15-18-6-5-13-27-18/h3-4,7-12,14,18H,2,5-6,13,15H2,1H3,(H,24,26). The number of benzene rings is 2. The Morgan fingerprint density at radius 2 is 2.00 bits per heavy atom. The van der Waals surface area contributed by atoms with Gasteiger partial charge in [0.05, 0.1) is 22.9 Å². The number of hydrogen-bond donors (Lipinski definition) is 1. The van der Waals surface area contributed by atoms with Crippen LogP contribution in [0.15, 0.2) is 54.6 Å². The number of fused-ring (bicyclic) bond motifs is 1. The van der Waals surface area contributed by atoms with E-state index >= 15 is 0 Å². The van der Waals surface area contributed by atoms with Crippen LogP contribution in [0.5, 0.6) is 0 Å². The summed E-state index contributed by atoms with van der Waals surface area (Å²) in [7, 11) is 0. The lowest BCUT2D eigenvalue weighted by Gasteiger charge is -2.13. The zero-order valence-electron chi connectivity index (χ0n) is 15.6. The van der Waals surface area contributed by atoms with Gasteiger partial charge in [0.25, 0.3) is 5.91 Å². The van der Waals surface area contributed by atoms with Crippen molar-refractivity contribution in [3.8, 4) is 11.3 Å². The van der Waals surface area contributed by atoms with Crippen LogP contribution < -0.4 is 5.32 Å². The zero-order valence-corrected chi connectivity index (χ0v) is 15.6. The number of hydrogen-bond acceptors (Lipinski definition) is 3. The van der Waals surface area contributed by atoms with Gasteiger partial charge < -0.3 is 10.1 Å². The van der Waals surface area contributed by atoms with Gasteiger partial charge in [-0.25, -0.2) is 4.98 Å². The molecule has 2 heterocycles. The number of nitrogens with zero attached hydrogens (tertiary/aromatic N) is 1. The molecule has 0 aliphatic carbocycles. The van der Waals surface area contributed by atoms with Crippen molar-refractivity contribution in [2.45, 2.75) is 32.3 Å². The van der Waals surface area contributed by atoms with Crippen LogP contribution in [0.25, 0.3) is 22.2 Å². The normalized spacial score (nSPS) is 16.6. The van der Waals surface area contributed by atoms with Crippen LogP contribution in [0.4, 0.5) is 0 Å². The molecule has 0 spiro atoms. The van der Waals surface area contributed by atoms with Crippen molar-refractivity contribution in [3.63, 3.8) is 0 Å². The zero-order chi connectivity index (χ0) is 18.6. The number of pyridine rings is 1. The van der Waals surface area contributed by atoms with Crippen molar-refractivity contribution in [3.05, 3.63) is 65.7 Å². The predicted molar refractivity (Wildman–Crippen MR) is 108 cm³/mol. The van der Waals surface area contributed by atoms with Gasteiger partial charge in [-0.3, -0.25) is 4.79 Å². The minimum absolute atomic E-state index is 0.0736. The second kappa shape index (κ2) is 7.89. The quantitative estimate of drug-likeness (QED) is 0.735. The summed E-state index contributed by atoms with van der Waals surface area (Å²) >= 11 is 0. The second-order valence-corrected chi connectivity index (χ2v) is 6.97.